The van der Waals surface area contributed by atoms with Gasteiger partial charge in [-0.2, -0.15) is 13.2 Å². The van der Waals surface area contributed by atoms with E-state index in [-0.39, 0.29) is 37.4 Å². The Labute approximate surface area is 200 Å². The van der Waals surface area contributed by atoms with Gasteiger partial charge in [0.25, 0.3) is 0 Å². The Balaban J connectivity index is 1.48. The molecule has 0 aromatic carbocycles. The van der Waals surface area contributed by atoms with E-state index in [4.69, 9.17) is 0 Å². The zero-order valence-corrected chi connectivity index (χ0v) is 20.4. The molecule has 4 fully saturated rings. The summed E-state index contributed by atoms with van der Waals surface area (Å²) in [6.45, 7) is 5.30. The van der Waals surface area contributed by atoms with Crippen LogP contribution in [0.4, 0.5) is 13.2 Å². The van der Waals surface area contributed by atoms with E-state index in [0.717, 1.165) is 25.9 Å². The molecule has 11 heteroatoms. The monoisotopic (exact) mass is 490 g/mol. The molecule has 3 saturated heterocycles. The second-order valence-corrected chi connectivity index (χ2v) is 11.0. The Bertz CT molecular complexity index is 711. The number of aliphatic hydroxyl groups is 1. The summed E-state index contributed by atoms with van der Waals surface area (Å²) in [5, 5.41) is 16.6. The number of carbonyl (C=O) groups excluding carboxylic acids is 1. The summed E-state index contributed by atoms with van der Waals surface area (Å²) in [6, 6.07) is 0. The topological polar surface area (TPSA) is 91.9 Å². The van der Waals surface area contributed by atoms with E-state index in [1.54, 1.807) is 11.8 Å². The lowest BCUT2D eigenvalue weighted by Crippen LogP contribution is -2.60. The van der Waals surface area contributed by atoms with Gasteiger partial charge >= 0.3 is 6.18 Å². The van der Waals surface area contributed by atoms with E-state index in [1.165, 1.54) is 0 Å². The highest BCUT2D eigenvalue weighted by atomic mass is 19.4. The predicted octanol–water partition coefficient (Wildman–Crippen LogP) is 1.40. The molecule has 1 aliphatic carbocycles. The molecule has 1 saturated carbocycles. The molecular weight excluding hydrogens is 449 g/mol. The maximum Gasteiger partial charge on any atom is 0.392 e. The largest absolute Gasteiger partial charge is 0.392 e. The zero-order valence-electron chi connectivity index (χ0n) is 20.4. The van der Waals surface area contributed by atoms with Crippen LogP contribution in [0.15, 0.2) is 0 Å². The maximum atomic E-state index is 13.7. The minimum atomic E-state index is -4.26. The normalized spacial score (nSPS) is 39.3. The van der Waals surface area contributed by atoms with Crippen molar-refractivity contribution in [1.82, 2.24) is 31.3 Å². The number of alkyl halides is 3. The molecule has 0 aromatic rings. The van der Waals surface area contributed by atoms with Gasteiger partial charge in [-0.05, 0) is 63.8 Å². The van der Waals surface area contributed by atoms with Crippen molar-refractivity contribution in [1.29, 1.82) is 0 Å². The molecule has 5 N–H and O–H groups in total. The Hall–Kier alpha value is -0.980. The van der Waals surface area contributed by atoms with E-state index in [1.807, 2.05) is 0 Å². The third kappa shape index (κ3) is 5.70. The Morgan fingerprint density at radius 3 is 2.65 bits per heavy atom. The van der Waals surface area contributed by atoms with Gasteiger partial charge in [0.1, 0.15) is 0 Å². The fourth-order valence-corrected chi connectivity index (χ4v) is 6.53. The number of nitrogens with one attached hydrogen (secondary N) is 4. The highest BCUT2D eigenvalue weighted by molar-refractivity contribution is 5.82. The van der Waals surface area contributed by atoms with Crippen LogP contribution >= 0.6 is 0 Å². The minimum Gasteiger partial charge on any atom is -0.392 e. The van der Waals surface area contributed by atoms with Gasteiger partial charge in [-0.25, -0.2) is 10.9 Å². The van der Waals surface area contributed by atoms with E-state index in [9.17, 15) is 23.1 Å². The van der Waals surface area contributed by atoms with Crippen molar-refractivity contribution in [3.05, 3.63) is 0 Å². The van der Waals surface area contributed by atoms with Crippen molar-refractivity contribution < 1.29 is 23.1 Å². The number of carbonyl (C=O) groups is 1. The summed E-state index contributed by atoms with van der Waals surface area (Å²) in [6.07, 6.45) is -1.33. The Kier molecular flexibility index (Phi) is 8.10. The van der Waals surface area contributed by atoms with Gasteiger partial charge in [0.2, 0.25) is 5.91 Å². The first-order chi connectivity index (χ1) is 16.0. The van der Waals surface area contributed by atoms with Crippen LogP contribution in [0.25, 0.3) is 0 Å². The lowest BCUT2D eigenvalue weighted by molar-refractivity contribution is -0.198. The molecule has 0 spiro atoms. The van der Waals surface area contributed by atoms with Crippen molar-refractivity contribution in [3.8, 4) is 0 Å². The van der Waals surface area contributed by atoms with Crippen LogP contribution in [-0.2, 0) is 4.79 Å². The third-order valence-electron chi connectivity index (χ3n) is 8.52. The quantitative estimate of drug-likeness (QED) is 0.369. The number of amides is 1. The van der Waals surface area contributed by atoms with Gasteiger partial charge < -0.3 is 10.0 Å². The number of piperidine rings is 1. The first kappa shape index (κ1) is 26.1. The number of hydrogen-bond acceptors (Lipinski definition) is 7. The summed E-state index contributed by atoms with van der Waals surface area (Å²) < 4.78 is 41.1. The average Bonchev–Trinajstić information content (AvgIpc) is 3.34. The van der Waals surface area contributed by atoms with Crippen molar-refractivity contribution >= 4 is 5.91 Å². The average molecular weight is 491 g/mol. The van der Waals surface area contributed by atoms with Crippen molar-refractivity contribution in [3.63, 3.8) is 0 Å². The molecule has 0 radical (unpaired) electrons. The van der Waals surface area contributed by atoms with Gasteiger partial charge in [-0.3, -0.25) is 20.3 Å². The molecular formula is C23H41F3N6O2. The first-order valence-corrected chi connectivity index (χ1v) is 12.8. The van der Waals surface area contributed by atoms with Gasteiger partial charge in [-0.15, -0.1) is 0 Å². The van der Waals surface area contributed by atoms with Gasteiger partial charge in [0.05, 0.1) is 37.2 Å². The van der Waals surface area contributed by atoms with Crippen molar-refractivity contribution in [2.24, 2.45) is 29.6 Å². The van der Waals surface area contributed by atoms with Crippen LogP contribution < -0.4 is 21.5 Å². The van der Waals surface area contributed by atoms with E-state index in [2.05, 4.69) is 40.4 Å². The summed E-state index contributed by atoms with van der Waals surface area (Å²) >= 11 is 0. The number of likely N-dealkylation sites (tertiary alicyclic amines) is 1. The number of aliphatic hydroxyl groups excluding tert-OH is 1. The number of nitrogens with zero attached hydrogens (tertiary/aromatic N) is 2. The van der Waals surface area contributed by atoms with E-state index >= 15 is 0 Å². The number of hydrazine groups is 1. The van der Waals surface area contributed by atoms with Crippen LogP contribution in [-0.4, -0.2) is 78.4 Å². The fourth-order valence-electron chi connectivity index (χ4n) is 6.53. The molecule has 4 aliphatic rings. The second-order valence-electron chi connectivity index (χ2n) is 11.0. The van der Waals surface area contributed by atoms with E-state index < -0.39 is 30.0 Å². The molecule has 1 amide bonds. The van der Waals surface area contributed by atoms with Gasteiger partial charge in [-0.1, -0.05) is 13.3 Å². The van der Waals surface area contributed by atoms with Gasteiger partial charge in [0, 0.05) is 19.0 Å². The smallest absolute Gasteiger partial charge is 0.392 e. The molecule has 196 valence electrons. The first-order valence-electron chi connectivity index (χ1n) is 12.8. The lowest BCUT2D eigenvalue weighted by atomic mass is 9.73. The third-order valence-corrected chi connectivity index (χ3v) is 8.52. The van der Waals surface area contributed by atoms with Crippen molar-refractivity contribution in [2.45, 2.75) is 83.1 Å². The minimum absolute atomic E-state index is 0.109. The number of rotatable bonds is 7. The van der Waals surface area contributed by atoms with Gasteiger partial charge in [0.15, 0.2) is 0 Å². The van der Waals surface area contributed by atoms with Crippen molar-refractivity contribution in [2.75, 3.05) is 26.8 Å². The molecule has 3 heterocycles. The Morgan fingerprint density at radius 2 is 2.00 bits per heavy atom. The molecule has 0 bridgehead atoms. The summed E-state index contributed by atoms with van der Waals surface area (Å²) in [7, 11) is 2.06. The highest BCUT2D eigenvalue weighted by Crippen LogP contribution is 2.48. The predicted molar refractivity (Wildman–Crippen MR) is 122 cm³/mol. The molecule has 9 atom stereocenters. The summed E-state index contributed by atoms with van der Waals surface area (Å²) in [4.78, 5) is 17.2. The highest BCUT2D eigenvalue weighted by Gasteiger charge is 2.56. The molecule has 3 aliphatic heterocycles. The molecule has 7 unspecified atom stereocenters. The summed E-state index contributed by atoms with van der Waals surface area (Å²) in [5.74, 6) is -2.04. The molecule has 4 rings (SSSR count). The van der Waals surface area contributed by atoms with E-state index in [0.29, 0.717) is 31.2 Å². The molecule has 34 heavy (non-hydrogen) atoms. The summed E-state index contributed by atoms with van der Waals surface area (Å²) in [5.41, 5.74) is 6.45. The van der Waals surface area contributed by atoms with Crippen LogP contribution in [0.5, 0.6) is 0 Å². The number of fused-ring (bicyclic) bond motifs is 1. The van der Waals surface area contributed by atoms with Crippen LogP contribution in [0, 0.1) is 29.6 Å². The SMILES string of the molecule is C[C@H](O)CNC1CC([C@H](C)CC2NNCN2C)CC(N2CC3C(CCCC3C(F)(F)F)C2=O)N1. The fraction of sp³-hybridized carbons (Fsp3) is 0.957. The maximum absolute atomic E-state index is 13.7. The molecule has 0 aromatic heterocycles. The van der Waals surface area contributed by atoms with Crippen LogP contribution in [0.3, 0.4) is 0 Å². The number of hydrogen-bond donors (Lipinski definition) is 5. The number of halogens is 3. The second kappa shape index (κ2) is 10.6. The van der Waals surface area contributed by atoms with Crippen LogP contribution in [0.2, 0.25) is 0 Å². The standard InChI is InChI=1S/C23H41F3N6O2/c1-13(7-21-30-28-12-31(21)3)15-8-19(27-10-14(2)33)29-20(9-15)32-11-17-16(22(32)34)5-4-6-18(17)23(24,25)26/h13-21,27-30,33H,4-12H2,1-3H3/t13-,14+,15?,16?,17?,18?,19?,20?,21?/m1/s1. The Morgan fingerprint density at radius 1 is 1.24 bits per heavy atom. The molecule has 8 nitrogen and oxygen atoms in total. The van der Waals surface area contributed by atoms with Crippen LogP contribution in [0.1, 0.15) is 52.4 Å². The lowest BCUT2D eigenvalue weighted by Gasteiger charge is -2.43. The zero-order chi connectivity index (χ0) is 24.6.